The number of hydrogen-bond acceptors (Lipinski definition) is 4. The molecule has 0 atom stereocenters. The van der Waals surface area contributed by atoms with Gasteiger partial charge in [0.25, 0.3) is 0 Å². The number of rotatable bonds is 2. The standard InChI is InChI=1S/C18H14FN5O/c1-23-10-12(4-7-14(23)25)16-15(11-2-5-13(19)6-3-11)22-17(20)18-21-8-9-24(16)18/h2-10H,1H3,(H2,20,22). The number of fused-ring (bicyclic) bond motifs is 1. The Labute approximate surface area is 142 Å². The van der Waals surface area contributed by atoms with Crippen molar-refractivity contribution >= 4 is 11.5 Å². The smallest absolute Gasteiger partial charge is 0.250 e. The molecule has 1 aromatic carbocycles. The molecular weight excluding hydrogens is 321 g/mol. The lowest BCUT2D eigenvalue weighted by atomic mass is 10.0. The molecule has 7 heteroatoms. The lowest BCUT2D eigenvalue weighted by molar-refractivity contribution is 0.628. The van der Waals surface area contributed by atoms with Gasteiger partial charge >= 0.3 is 0 Å². The van der Waals surface area contributed by atoms with Crippen LogP contribution in [0.2, 0.25) is 0 Å². The molecule has 0 aliphatic rings. The van der Waals surface area contributed by atoms with Gasteiger partial charge in [-0.15, -0.1) is 0 Å². The Hall–Kier alpha value is -3.48. The van der Waals surface area contributed by atoms with Crippen molar-refractivity contribution in [2.24, 2.45) is 7.05 Å². The van der Waals surface area contributed by atoms with Crippen molar-refractivity contribution in [3.63, 3.8) is 0 Å². The summed E-state index contributed by atoms with van der Waals surface area (Å²) in [7, 11) is 1.68. The molecule has 0 aliphatic heterocycles. The Morgan fingerprint density at radius 3 is 2.52 bits per heavy atom. The van der Waals surface area contributed by atoms with Crippen LogP contribution in [-0.2, 0) is 7.05 Å². The van der Waals surface area contributed by atoms with Gasteiger partial charge in [0.15, 0.2) is 11.5 Å². The van der Waals surface area contributed by atoms with Crippen molar-refractivity contribution in [2.75, 3.05) is 5.73 Å². The number of nitrogens with zero attached hydrogens (tertiary/aromatic N) is 4. The molecule has 2 N–H and O–H groups in total. The van der Waals surface area contributed by atoms with Crippen molar-refractivity contribution < 1.29 is 4.39 Å². The summed E-state index contributed by atoms with van der Waals surface area (Å²) in [6.45, 7) is 0. The summed E-state index contributed by atoms with van der Waals surface area (Å²) in [5, 5.41) is 0. The third-order valence-electron chi connectivity index (χ3n) is 4.04. The van der Waals surface area contributed by atoms with Gasteiger partial charge in [-0.05, 0) is 30.3 Å². The van der Waals surface area contributed by atoms with Gasteiger partial charge < -0.3 is 10.3 Å². The van der Waals surface area contributed by atoms with Crippen molar-refractivity contribution in [1.29, 1.82) is 0 Å². The van der Waals surface area contributed by atoms with Crippen LogP contribution in [0.5, 0.6) is 0 Å². The highest BCUT2D eigenvalue weighted by Gasteiger charge is 2.17. The molecule has 0 bridgehead atoms. The van der Waals surface area contributed by atoms with E-state index in [2.05, 4.69) is 9.97 Å². The van der Waals surface area contributed by atoms with Crippen LogP contribution < -0.4 is 11.3 Å². The van der Waals surface area contributed by atoms with Crippen molar-refractivity contribution in [3.05, 3.63) is 71.2 Å². The number of pyridine rings is 1. The molecule has 124 valence electrons. The first-order valence-corrected chi connectivity index (χ1v) is 7.60. The molecule has 0 aliphatic carbocycles. The highest BCUT2D eigenvalue weighted by Crippen LogP contribution is 2.32. The fourth-order valence-corrected chi connectivity index (χ4v) is 2.83. The van der Waals surface area contributed by atoms with E-state index in [1.807, 2.05) is 4.40 Å². The van der Waals surface area contributed by atoms with Crippen LogP contribution in [0.1, 0.15) is 0 Å². The topological polar surface area (TPSA) is 78.2 Å². The first-order chi connectivity index (χ1) is 12.0. The molecule has 3 heterocycles. The Morgan fingerprint density at radius 2 is 1.80 bits per heavy atom. The average Bonchev–Trinajstić information content (AvgIpc) is 3.08. The Balaban J connectivity index is 2.09. The van der Waals surface area contributed by atoms with Gasteiger partial charge in [-0.3, -0.25) is 9.20 Å². The largest absolute Gasteiger partial charge is 0.381 e. The maximum atomic E-state index is 13.3. The number of nitrogen functional groups attached to an aromatic ring is 1. The summed E-state index contributed by atoms with van der Waals surface area (Å²) < 4.78 is 16.6. The summed E-state index contributed by atoms with van der Waals surface area (Å²) in [5.74, 6) is -0.0537. The number of nitrogens with two attached hydrogens (primary N) is 1. The number of benzene rings is 1. The Kier molecular flexibility index (Phi) is 3.35. The van der Waals surface area contributed by atoms with E-state index in [4.69, 9.17) is 5.73 Å². The van der Waals surface area contributed by atoms with Gasteiger partial charge in [-0.1, -0.05) is 0 Å². The third kappa shape index (κ3) is 2.46. The van der Waals surface area contributed by atoms with E-state index in [1.165, 1.54) is 22.8 Å². The highest BCUT2D eigenvalue weighted by atomic mass is 19.1. The molecule has 0 radical (unpaired) electrons. The van der Waals surface area contributed by atoms with E-state index in [0.29, 0.717) is 16.9 Å². The molecule has 6 nitrogen and oxygen atoms in total. The van der Waals surface area contributed by atoms with Crippen molar-refractivity contribution in [2.45, 2.75) is 0 Å². The van der Waals surface area contributed by atoms with Crippen molar-refractivity contribution in [3.8, 4) is 22.5 Å². The molecule has 0 spiro atoms. The van der Waals surface area contributed by atoms with Crippen LogP contribution in [0, 0.1) is 5.82 Å². The monoisotopic (exact) mass is 335 g/mol. The number of imidazole rings is 1. The number of halogens is 1. The summed E-state index contributed by atoms with van der Waals surface area (Å²) >= 11 is 0. The van der Waals surface area contributed by atoms with E-state index < -0.39 is 0 Å². The zero-order valence-corrected chi connectivity index (χ0v) is 13.3. The van der Waals surface area contributed by atoms with Crippen molar-refractivity contribution in [1.82, 2.24) is 18.9 Å². The molecule has 4 rings (SSSR count). The lowest BCUT2D eigenvalue weighted by Crippen LogP contribution is -2.14. The molecule has 25 heavy (non-hydrogen) atoms. The molecule has 0 saturated heterocycles. The fourth-order valence-electron chi connectivity index (χ4n) is 2.83. The normalized spacial score (nSPS) is 11.1. The second-order valence-electron chi connectivity index (χ2n) is 5.69. The zero-order chi connectivity index (χ0) is 17.6. The molecule has 4 aromatic rings. The van der Waals surface area contributed by atoms with Crippen LogP contribution in [0.4, 0.5) is 10.2 Å². The summed E-state index contributed by atoms with van der Waals surface area (Å²) in [5.41, 5.74) is 9.26. The molecular formula is C18H14FN5O. The van der Waals surface area contributed by atoms with E-state index >= 15 is 0 Å². The molecule has 0 fully saturated rings. The average molecular weight is 335 g/mol. The minimum absolute atomic E-state index is 0.114. The maximum absolute atomic E-state index is 13.3. The minimum atomic E-state index is -0.330. The van der Waals surface area contributed by atoms with Gasteiger partial charge in [0.05, 0.1) is 11.4 Å². The quantitative estimate of drug-likeness (QED) is 0.610. The minimum Gasteiger partial charge on any atom is -0.381 e. The fraction of sp³-hybridized carbons (Fsp3) is 0.0556. The van der Waals surface area contributed by atoms with E-state index in [1.54, 1.807) is 43.8 Å². The number of anilines is 1. The molecule has 0 unspecified atom stereocenters. The van der Waals surface area contributed by atoms with Gasteiger partial charge in [0.2, 0.25) is 5.56 Å². The van der Waals surface area contributed by atoms with E-state index in [9.17, 15) is 9.18 Å². The lowest BCUT2D eigenvalue weighted by Gasteiger charge is -2.14. The summed E-state index contributed by atoms with van der Waals surface area (Å²) in [6.07, 6.45) is 5.14. The molecule has 0 saturated carbocycles. The van der Waals surface area contributed by atoms with Crippen LogP contribution in [0.15, 0.2) is 59.8 Å². The van der Waals surface area contributed by atoms with Crippen LogP contribution in [0.25, 0.3) is 28.2 Å². The first kappa shape index (κ1) is 15.1. The van der Waals surface area contributed by atoms with E-state index in [0.717, 1.165) is 11.3 Å². The Bertz CT molecular complexity index is 1140. The number of hydrogen-bond donors (Lipinski definition) is 1. The molecule has 3 aromatic heterocycles. The number of aryl methyl sites for hydroxylation is 1. The van der Waals surface area contributed by atoms with Gasteiger partial charge in [0, 0.05) is 42.8 Å². The highest BCUT2D eigenvalue weighted by molar-refractivity contribution is 5.82. The van der Waals surface area contributed by atoms with Gasteiger partial charge in [-0.25, -0.2) is 14.4 Å². The predicted octanol–water partition coefficient (Wildman–Crippen LogP) is 2.48. The maximum Gasteiger partial charge on any atom is 0.250 e. The molecule has 0 amide bonds. The van der Waals surface area contributed by atoms with Gasteiger partial charge in [-0.2, -0.15) is 0 Å². The first-order valence-electron chi connectivity index (χ1n) is 7.60. The van der Waals surface area contributed by atoms with E-state index in [-0.39, 0.29) is 17.2 Å². The summed E-state index contributed by atoms with van der Waals surface area (Å²) in [6, 6.07) is 9.24. The third-order valence-corrected chi connectivity index (χ3v) is 4.04. The zero-order valence-electron chi connectivity index (χ0n) is 13.3. The summed E-state index contributed by atoms with van der Waals surface area (Å²) in [4.78, 5) is 20.5. The van der Waals surface area contributed by atoms with Gasteiger partial charge in [0.1, 0.15) is 5.82 Å². The van der Waals surface area contributed by atoms with Crippen LogP contribution in [0.3, 0.4) is 0 Å². The number of aromatic nitrogens is 4. The second-order valence-corrected chi connectivity index (χ2v) is 5.69. The second kappa shape index (κ2) is 5.55. The predicted molar refractivity (Wildman–Crippen MR) is 93.5 cm³/mol. The van der Waals surface area contributed by atoms with Crippen LogP contribution in [-0.4, -0.2) is 18.9 Å². The Morgan fingerprint density at radius 1 is 1.08 bits per heavy atom. The SMILES string of the molecule is Cn1cc(-c2c(-c3ccc(F)cc3)nc(N)c3nccn23)ccc1=O. The van der Waals surface area contributed by atoms with Crippen LogP contribution >= 0.6 is 0 Å².